The predicted molar refractivity (Wildman–Crippen MR) is 127 cm³/mol. The van der Waals surface area contributed by atoms with Crippen LogP contribution < -0.4 is 14.8 Å². The summed E-state index contributed by atoms with van der Waals surface area (Å²) < 4.78 is 26.7. The number of hydrogen-bond acceptors (Lipinski definition) is 6. The fourth-order valence-corrected chi connectivity index (χ4v) is 3.43. The second-order valence-corrected chi connectivity index (χ2v) is 7.49. The largest absolute Gasteiger partial charge is 0.475 e. The second kappa shape index (κ2) is 10.0. The number of nitrogens with one attached hydrogen (secondary N) is 1. The topological polar surface area (TPSA) is 90.6 Å². The van der Waals surface area contributed by atoms with Crippen molar-refractivity contribution in [3.05, 3.63) is 102 Å². The second-order valence-electron chi connectivity index (χ2n) is 7.49. The van der Waals surface area contributed by atoms with Crippen LogP contribution >= 0.6 is 0 Å². The van der Waals surface area contributed by atoms with Crippen LogP contribution in [0.4, 0.5) is 4.39 Å². The molecule has 5 rings (SSSR count). The van der Waals surface area contributed by atoms with Crippen LogP contribution in [0.5, 0.6) is 17.4 Å². The molecule has 0 bridgehead atoms. The molecule has 0 spiro atoms. The lowest BCUT2D eigenvalue weighted by Gasteiger charge is -2.12. The van der Waals surface area contributed by atoms with Gasteiger partial charge in [-0.3, -0.25) is 4.79 Å². The quantitative estimate of drug-likeness (QED) is 0.336. The first-order valence-corrected chi connectivity index (χ1v) is 10.9. The number of nitrogens with zero attached hydrogens (tertiary/aromatic N) is 4. The first-order chi connectivity index (χ1) is 17.2. The number of para-hydroxylation sites is 2. The Hall–Kier alpha value is -4.79. The number of carbonyl (C=O) groups is 1. The molecular weight excluding hydrogens is 449 g/mol. The van der Waals surface area contributed by atoms with Gasteiger partial charge < -0.3 is 14.8 Å². The number of ether oxygens (including phenoxy) is 2. The zero-order valence-corrected chi connectivity index (χ0v) is 18.5. The van der Waals surface area contributed by atoms with Gasteiger partial charge in [0.1, 0.15) is 23.9 Å². The summed E-state index contributed by atoms with van der Waals surface area (Å²) in [7, 11) is 0. The zero-order valence-electron chi connectivity index (χ0n) is 18.5. The molecule has 0 saturated carbocycles. The number of halogens is 1. The van der Waals surface area contributed by atoms with Crippen LogP contribution in [0.1, 0.15) is 10.4 Å². The maximum absolute atomic E-state index is 13.6. The third-order valence-corrected chi connectivity index (χ3v) is 5.06. The van der Waals surface area contributed by atoms with E-state index >= 15 is 0 Å². The molecule has 0 fully saturated rings. The number of fused-ring (bicyclic) bond motifs is 1. The van der Waals surface area contributed by atoms with Crippen molar-refractivity contribution >= 4 is 11.6 Å². The van der Waals surface area contributed by atoms with E-state index in [4.69, 9.17) is 9.47 Å². The Labute approximate surface area is 200 Å². The standard InChI is InChI=1S/C26H20FN5O3/c27-19-8-6-7-18(17-19)25-30-29-23-13-14-24(31-32(23)25)34-16-15-28-26(33)21-11-4-5-12-22(21)35-20-9-2-1-3-10-20/h1-14,17H,15-16H2,(H,28,33). The number of benzene rings is 3. The molecule has 1 N–H and O–H groups in total. The van der Waals surface area contributed by atoms with Gasteiger partial charge in [-0.05, 0) is 42.5 Å². The molecule has 8 nitrogen and oxygen atoms in total. The summed E-state index contributed by atoms with van der Waals surface area (Å²) in [6.45, 7) is 0.431. The number of amides is 1. The number of aromatic nitrogens is 4. The minimum Gasteiger partial charge on any atom is -0.475 e. The van der Waals surface area contributed by atoms with Crippen LogP contribution in [0.3, 0.4) is 0 Å². The summed E-state index contributed by atoms with van der Waals surface area (Å²) >= 11 is 0. The highest BCUT2D eigenvalue weighted by molar-refractivity contribution is 5.97. The van der Waals surface area contributed by atoms with E-state index in [0.717, 1.165) is 0 Å². The Morgan fingerprint density at radius 2 is 1.74 bits per heavy atom. The molecule has 2 aromatic heterocycles. The number of hydrogen-bond donors (Lipinski definition) is 1. The molecule has 5 aromatic rings. The van der Waals surface area contributed by atoms with Gasteiger partial charge in [0.25, 0.3) is 5.91 Å². The normalized spacial score (nSPS) is 10.8. The monoisotopic (exact) mass is 469 g/mol. The third kappa shape index (κ3) is 5.09. The van der Waals surface area contributed by atoms with Gasteiger partial charge in [0.2, 0.25) is 5.88 Å². The lowest BCUT2D eigenvalue weighted by molar-refractivity contribution is 0.0944. The van der Waals surface area contributed by atoms with Gasteiger partial charge in [0.05, 0.1) is 12.1 Å². The summed E-state index contributed by atoms with van der Waals surface area (Å²) in [5, 5.41) is 15.4. The van der Waals surface area contributed by atoms with E-state index in [1.165, 1.54) is 16.6 Å². The molecule has 3 aromatic carbocycles. The Balaban J connectivity index is 1.21. The van der Waals surface area contributed by atoms with Gasteiger partial charge in [-0.25, -0.2) is 4.39 Å². The summed E-state index contributed by atoms with van der Waals surface area (Å²) in [6, 6.07) is 25.7. The lowest BCUT2D eigenvalue weighted by atomic mass is 10.2. The van der Waals surface area contributed by atoms with Crippen molar-refractivity contribution in [3.63, 3.8) is 0 Å². The fourth-order valence-electron chi connectivity index (χ4n) is 3.43. The van der Waals surface area contributed by atoms with Gasteiger partial charge in [-0.2, -0.15) is 4.52 Å². The Morgan fingerprint density at radius 3 is 2.60 bits per heavy atom. The number of carbonyl (C=O) groups excluding carboxylic acids is 1. The van der Waals surface area contributed by atoms with Gasteiger partial charge in [-0.15, -0.1) is 15.3 Å². The molecule has 0 aliphatic heterocycles. The van der Waals surface area contributed by atoms with Gasteiger partial charge in [0.15, 0.2) is 11.5 Å². The van der Waals surface area contributed by atoms with E-state index in [1.807, 2.05) is 36.4 Å². The highest BCUT2D eigenvalue weighted by Gasteiger charge is 2.13. The van der Waals surface area contributed by atoms with E-state index < -0.39 is 0 Å². The van der Waals surface area contributed by atoms with Gasteiger partial charge in [0, 0.05) is 11.6 Å². The molecule has 0 saturated heterocycles. The highest BCUT2D eigenvalue weighted by Crippen LogP contribution is 2.25. The molecule has 0 radical (unpaired) electrons. The van der Waals surface area contributed by atoms with E-state index in [9.17, 15) is 9.18 Å². The maximum atomic E-state index is 13.6. The van der Waals surface area contributed by atoms with Crippen molar-refractivity contribution in [2.75, 3.05) is 13.2 Å². The molecule has 0 aliphatic rings. The van der Waals surface area contributed by atoms with Crippen LogP contribution in [0.15, 0.2) is 91.0 Å². The van der Waals surface area contributed by atoms with E-state index in [2.05, 4.69) is 20.6 Å². The maximum Gasteiger partial charge on any atom is 0.255 e. The Kier molecular flexibility index (Phi) is 6.29. The van der Waals surface area contributed by atoms with Crippen molar-refractivity contribution in [1.29, 1.82) is 0 Å². The predicted octanol–water partition coefficient (Wildman–Crippen LogP) is 4.53. The van der Waals surface area contributed by atoms with Crippen molar-refractivity contribution in [1.82, 2.24) is 25.1 Å². The van der Waals surface area contributed by atoms with Crippen LogP contribution in [-0.4, -0.2) is 38.9 Å². The van der Waals surface area contributed by atoms with Crippen LogP contribution in [-0.2, 0) is 0 Å². The molecule has 35 heavy (non-hydrogen) atoms. The van der Waals surface area contributed by atoms with E-state index in [0.29, 0.717) is 40.0 Å². The molecule has 1 amide bonds. The van der Waals surface area contributed by atoms with Crippen LogP contribution in [0.2, 0.25) is 0 Å². The van der Waals surface area contributed by atoms with Crippen molar-refractivity contribution in [2.45, 2.75) is 0 Å². The van der Waals surface area contributed by atoms with E-state index in [-0.39, 0.29) is 24.9 Å². The molecule has 9 heteroatoms. The lowest BCUT2D eigenvalue weighted by Crippen LogP contribution is -2.28. The minimum atomic E-state index is -0.377. The first kappa shape index (κ1) is 22.0. The molecule has 174 valence electrons. The summed E-state index contributed by atoms with van der Waals surface area (Å²) in [4.78, 5) is 12.7. The minimum absolute atomic E-state index is 0.184. The van der Waals surface area contributed by atoms with Crippen LogP contribution in [0.25, 0.3) is 17.0 Å². The van der Waals surface area contributed by atoms with Crippen LogP contribution in [0, 0.1) is 5.82 Å². The van der Waals surface area contributed by atoms with E-state index in [1.54, 1.807) is 42.5 Å². The average molecular weight is 469 g/mol. The molecule has 0 atom stereocenters. The van der Waals surface area contributed by atoms with Gasteiger partial charge >= 0.3 is 0 Å². The Bertz CT molecular complexity index is 1470. The molecule has 0 unspecified atom stereocenters. The summed E-state index contributed by atoms with van der Waals surface area (Å²) in [6.07, 6.45) is 0. The summed E-state index contributed by atoms with van der Waals surface area (Å²) in [5.41, 5.74) is 1.46. The zero-order chi connectivity index (χ0) is 24.0. The molecular formula is C26H20FN5O3. The summed E-state index contributed by atoms with van der Waals surface area (Å²) in [5.74, 6) is 1.16. The smallest absolute Gasteiger partial charge is 0.255 e. The van der Waals surface area contributed by atoms with Gasteiger partial charge in [-0.1, -0.05) is 42.5 Å². The SMILES string of the molecule is O=C(NCCOc1ccc2nnc(-c3cccc(F)c3)n2n1)c1ccccc1Oc1ccccc1. The molecule has 0 aliphatic carbocycles. The van der Waals surface area contributed by atoms with Crippen molar-refractivity contribution in [3.8, 4) is 28.8 Å². The Morgan fingerprint density at radius 1 is 0.914 bits per heavy atom. The first-order valence-electron chi connectivity index (χ1n) is 10.9. The molecule has 2 heterocycles. The van der Waals surface area contributed by atoms with Crippen molar-refractivity contribution < 1.29 is 18.7 Å². The fraction of sp³-hybridized carbons (Fsp3) is 0.0769. The third-order valence-electron chi connectivity index (χ3n) is 5.06. The average Bonchev–Trinajstić information content (AvgIpc) is 3.31. The highest BCUT2D eigenvalue weighted by atomic mass is 19.1. The number of rotatable bonds is 8. The van der Waals surface area contributed by atoms with Crippen molar-refractivity contribution in [2.24, 2.45) is 0 Å².